The molecule has 1 aromatic heterocycles. The summed E-state index contributed by atoms with van der Waals surface area (Å²) >= 11 is 0. The number of piperazine rings is 1. The number of nitrogens with one attached hydrogen (secondary N) is 1. The molecule has 0 unspecified atom stereocenters. The molecule has 1 saturated heterocycles. The molecule has 8 nitrogen and oxygen atoms in total. The Kier molecular flexibility index (Phi) is 5.97. The van der Waals surface area contributed by atoms with E-state index in [1.165, 1.54) is 13.3 Å². The van der Waals surface area contributed by atoms with E-state index in [1.807, 2.05) is 0 Å². The fourth-order valence-corrected chi connectivity index (χ4v) is 2.93. The first-order valence-electron chi connectivity index (χ1n) is 8.89. The molecular weight excluding hydrogens is 346 g/mol. The zero-order valence-electron chi connectivity index (χ0n) is 15.5. The third kappa shape index (κ3) is 4.59. The maximum atomic E-state index is 12.4. The van der Waals surface area contributed by atoms with Gasteiger partial charge in [-0.25, -0.2) is 14.8 Å². The van der Waals surface area contributed by atoms with Gasteiger partial charge in [-0.15, -0.1) is 0 Å². The van der Waals surface area contributed by atoms with E-state index < -0.39 is 5.97 Å². The molecular formula is C19H23N5O3. The Balaban J connectivity index is 1.63. The Morgan fingerprint density at radius 3 is 2.56 bits per heavy atom. The number of likely N-dealkylation sites (N-methyl/N-ethyl adjacent to an activating group) is 1. The second-order valence-corrected chi connectivity index (χ2v) is 6.21. The third-order valence-corrected chi connectivity index (χ3v) is 4.56. The van der Waals surface area contributed by atoms with Crippen molar-refractivity contribution in [2.75, 3.05) is 50.1 Å². The second kappa shape index (κ2) is 8.59. The van der Waals surface area contributed by atoms with Crippen LogP contribution in [0, 0.1) is 0 Å². The monoisotopic (exact) mass is 369 g/mol. The van der Waals surface area contributed by atoms with Crippen LogP contribution < -0.4 is 10.2 Å². The van der Waals surface area contributed by atoms with Crippen LogP contribution in [0.5, 0.6) is 0 Å². The van der Waals surface area contributed by atoms with E-state index in [0.29, 0.717) is 11.3 Å². The van der Waals surface area contributed by atoms with Gasteiger partial charge in [0, 0.05) is 31.9 Å². The molecule has 1 aromatic carbocycles. The summed E-state index contributed by atoms with van der Waals surface area (Å²) in [5.74, 6) is -0.0692. The third-order valence-electron chi connectivity index (χ3n) is 4.56. The fraction of sp³-hybridized carbons (Fsp3) is 0.368. The van der Waals surface area contributed by atoms with Gasteiger partial charge >= 0.3 is 5.97 Å². The Hall–Kier alpha value is -3.00. The molecule has 0 atom stereocenters. The molecule has 3 rings (SSSR count). The summed E-state index contributed by atoms with van der Waals surface area (Å²) in [6, 6.07) is 6.54. The molecule has 0 aliphatic carbocycles. The van der Waals surface area contributed by atoms with E-state index in [4.69, 9.17) is 0 Å². The number of methoxy groups -OCH3 is 1. The first kappa shape index (κ1) is 18.8. The maximum Gasteiger partial charge on any atom is 0.337 e. The first-order valence-corrected chi connectivity index (χ1v) is 8.89. The van der Waals surface area contributed by atoms with E-state index in [-0.39, 0.29) is 11.6 Å². The lowest BCUT2D eigenvalue weighted by Crippen LogP contribution is -2.46. The van der Waals surface area contributed by atoms with Crippen molar-refractivity contribution in [2.24, 2.45) is 0 Å². The molecule has 0 radical (unpaired) electrons. The number of ether oxygens (including phenoxy) is 1. The highest BCUT2D eigenvalue weighted by Gasteiger charge is 2.18. The standard InChI is InChI=1S/C19H23N5O3/c1-3-23-7-9-24(10-8-23)17-13-20-16(12-21-17)18(25)22-15-6-4-5-14(11-15)19(26)27-2/h4-6,11-13H,3,7-10H2,1-2H3,(H,22,25). The van der Waals surface area contributed by atoms with Gasteiger partial charge in [0.15, 0.2) is 0 Å². The summed E-state index contributed by atoms with van der Waals surface area (Å²) in [5.41, 5.74) is 1.07. The number of carbonyl (C=O) groups excluding carboxylic acids is 2. The molecule has 0 spiro atoms. The van der Waals surface area contributed by atoms with E-state index in [9.17, 15) is 9.59 Å². The highest BCUT2D eigenvalue weighted by atomic mass is 16.5. The number of anilines is 2. The molecule has 27 heavy (non-hydrogen) atoms. The van der Waals surface area contributed by atoms with E-state index >= 15 is 0 Å². The Labute approximate surface area is 158 Å². The predicted molar refractivity (Wildman–Crippen MR) is 102 cm³/mol. The lowest BCUT2D eigenvalue weighted by molar-refractivity contribution is 0.0600. The minimum absolute atomic E-state index is 0.217. The van der Waals surface area contributed by atoms with Crippen molar-refractivity contribution in [3.63, 3.8) is 0 Å². The number of aromatic nitrogens is 2. The number of esters is 1. The van der Waals surface area contributed by atoms with Crippen molar-refractivity contribution in [3.05, 3.63) is 47.9 Å². The zero-order chi connectivity index (χ0) is 19.2. The average Bonchev–Trinajstić information content (AvgIpc) is 2.73. The van der Waals surface area contributed by atoms with Gasteiger partial charge in [0.2, 0.25) is 0 Å². The molecule has 142 valence electrons. The topological polar surface area (TPSA) is 87.7 Å². The summed E-state index contributed by atoms with van der Waals surface area (Å²) in [6.07, 6.45) is 3.10. The second-order valence-electron chi connectivity index (χ2n) is 6.21. The van der Waals surface area contributed by atoms with Crippen molar-refractivity contribution < 1.29 is 14.3 Å². The van der Waals surface area contributed by atoms with Gasteiger partial charge in [0.05, 0.1) is 25.1 Å². The molecule has 1 aliphatic heterocycles. The van der Waals surface area contributed by atoms with Crippen LogP contribution in [0.4, 0.5) is 11.5 Å². The van der Waals surface area contributed by atoms with Gasteiger partial charge in [0.1, 0.15) is 11.5 Å². The number of carbonyl (C=O) groups is 2. The van der Waals surface area contributed by atoms with Crippen molar-refractivity contribution >= 4 is 23.4 Å². The van der Waals surface area contributed by atoms with Crippen LogP contribution >= 0.6 is 0 Å². The van der Waals surface area contributed by atoms with Crippen LogP contribution in [0.3, 0.4) is 0 Å². The quantitative estimate of drug-likeness (QED) is 0.802. The molecule has 1 amide bonds. The van der Waals surface area contributed by atoms with Crippen LogP contribution in [-0.4, -0.2) is 66.6 Å². The molecule has 2 heterocycles. The highest BCUT2D eigenvalue weighted by Crippen LogP contribution is 2.15. The Bertz CT molecular complexity index is 801. The first-order chi connectivity index (χ1) is 13.1. The minimum atomic E-state index is -0.460. The van der Waals surface area contributed by atoms with Gasteiger partial charge < -0.3 is 19.9 Å². The molecule has 1 fully saturated rings. The zero-order valence-corrected chi connectivity index (χ0v) is 15.5. The largest absolute Gasteiger partial charge is 0.465 e. The fourth-order valence-electron chi connectivity index (χ4n) is 2.93. The van der Waals surface area contributed by atoms with Gasteiger partial charge in [0.25, 0.3) is 5.91 Å². The van der Waals surface area contributed by atoms with E-state index in [0.717, 1.165) is 38.5 Å². The predicted octanol–water partition coefficient (Wildman–Crippen LogP) is 1.66. The van der Waals surface area contributed by atoms with Crippen LogP contribution in [0.25, 0.3) is 0 Å². The van der Waals surface area contributed by atoms with Crippen LogP contribution in [0.1, 0.15) is 27.8 Å². The van der Waals surface area contributed by atoms with Crippen molar-refractivity contribution in [3.8, 4) is 0 Å². The molecule has 1 aliphatic rings. The van der Waals surface area contributed by atoms with Gasteiger partial charge in [-0.3, -0.25) is 4.79 Å². The summed E-state index contributed by atoms with van der Waals surface area (Å²) < 4.78 is 4.68. The minimum Gasteiger partial charge on any atom is -0.465 e. The van der Waals surface area contributed by atoms with Crippen LogP contribution in [-0.2, 0) is 4.74 Å². The summed E-state index contributed by atoms with van der Waals surface area (Å²) in [5, 5.41) is 2.72. The van der Waals surface area contributed by atoms with E-state index in [2.05, 4.69) is 36.7 Å². The summed E-state index contributed by atoms with van der Waals surface area (Å²) in [6.45, 7) is 7.00. The molecule has 2 aromatic rings. The molecule has 8 heteroatoms. The normalized spacial score (nSPS) is 14.7. The SMILES string of the molecule is CCN1CCN(c2cnc(C(=O)Nc3cccc(C(=O)OC)c3)cn2)CC1. The number of rotatable bonds is 5. The molecule has 0 bridgehead atoms. The van der Waals surface area contributed by atoms with Crippen molar-refractivity contribution in [2.45, 2.75) is 6.92 Å². The van der Waals surface area contributed by atoms with E-state index in [1.54, 1.807) is 30.5 Å². The number of benzene rings is 1. The van der Waals surface area contributed by atoms with Crippen molar-refractivity contribution in [1.29, 1.82) is 0 Å². The molecule has 0 saturated carbocycles. The molecule has 1 N–H and O–H groups in total. The smallest absolute Gasteiger partial charge is 0.337 e. The summed E-state index contributed by atoms with van der Waals surface area (Å²) in [4.78, 5) is 37.1. The lowest BCUT2D eigenvalue weighted by atomic mass is 10.2. The van der Waals surface area contributed by atoms with Gasteiger partial charge in [-0.05, 0) is 24.7 Å². The maximum absolute atomic E-state index is 12.4. The average molecular weight is 369 g/mol. The lowest BCUT2D eigenvalue weighted by Gasteiger charge is -2.34. The number of hydrogen-bond acceptors (Lipinski definition) is 7. The Morgan fingerprint density at radius 1 is 1.15 bits per heavy atom. The Morgan fingerprint density at radius 2 is 1.93 bits per heavy atom. The number of amides is 1. The van der Waals surface area contributed by atoms with Crippen LogP contribution in [0.15, 0.2) is 36.7 Å². The summed E-state index contributed by atoms with van der Waals surface area (Å²) in [7, 11) is 1.31. The van der Waals surface area contributed by atoms with Gasteiger partial charge in [-0.1, -0.05) is 13.0 Å². The number of nitrogens with zero attached hydrogens (tertiary/aromatic N) is 4. The highest BCUT2D eigenvalue weighted by molar-refractivity contribution is 6.03. The van der Waals surface area contributed by atoms with Crippen molar-refractivity contribution in [1.82, 2.24) is 14.9 Å². The number of hydrogen-bond donors (Lipinski definition) is 1. The van der Waals surface area contributed by atoms with Crippen LogP contribution in [0.2, 0.25) is 0 Å². The van der Waals surface area contributed by atoms with Gasteiger partial charge in [-0.2, -0.15) is 0 Å².